The molecule has 0 aliphatic carbocycles. The number of ether oxygens (including phenoxy) is 1. The fourth-order valence-corrected chi connectivity index (χ4v) is 4.42. The molecule has 2 N–H and O–H groups in total. The topological polar surface area (TPSA) is 84.5 Å². The van der Waals surface area contributed by atoms with Gasteiger partial charge in [0.05, 0.1) is 18.0 Å². The molecule has 7 heteroatoms. The van der Waals surface area contributed by atoms with Crippen molar-refractivity contribution >= 4 is 21.6 Å². The van der Waals surface area contributed by atoms with Gasteiger partial charge in [0.2, 0.25) is 10.0 Å². The van der Waals surface area contributed by atoms with Gasteiger partial charge in [0.1, 0.15) is 11.4 Å². The predicted octanol–water partition coefficient (Wildman–Crippen LogP) is 4.18. The van der Waals surface area contributed by atoms with Crippen LogP contribution < -0.4 is 14.8 Å². The Morgan fingerprint density at radius 2 is 1.86 bits per heavy atom. The van der Waals surface area contributed by atoms with Crippen LogP contribution in [-0.2, 0) is 10.0 Å². The van der Waals surface area contributed by atoms with Crippen molar-refractivity contribution in [2.75, 3.05) is 11.0 Å². The minimum absolute atomic E-state index is 0.151. The lowest BCUT2D eigenvalue weighted by molar-refractivity contribution is 0.0227. The number of nitrogens with one attached hydrogen (secondary N) is 2. The second-order valence-corrected chi connectivity index (χ2v) is 9.41. The van der Waals surface area contributed by atoms with Crippen LogP contribution in [0.15, 0.2) is 42.5 Å². The average Bonchev–Trinajstić information content (AvgIpc) is 2.68. The normalized spacial score (nSPS) is 17.7. The maximum absolute atomic E-state index is 13.0. The first kappa shape index (κ1) is 21.2. The molecule has 0 bridgehead atoms. The van der Waals surface area contributed by atoms with Gasteiger partial charge in [-0.1, -0.05) is 32.0 Å². The van der Waals surface area contributed by atoms with Crippen molar-refractivity contribution in [1.29, 1.82) is 0 Å². The largest absolute Gasteiger partial charge is 0.487 e. The predicted molar refractivity (Wildman–Crippen MR) is 115 cm³/mol. The zero-order chi connectivity index (χ0) is 21.2. The molecule has 2 aromatic carbocycles. The molecule has 0 saturated carbocycles. The fraction of sp³-hybridized carbons (Fsp3) is 0.409. The van der Waals surface area contributed by atoms with Crippen molar-refractivity contribution in [3.8, 4) is 5.75 Å². The zero-order valence-corrected chi connectivity index (χ0v) is 18.1. The van der Waals surface area contributed by atoms with E-state index in [1.54, 1.807) is 25.1 Å². The summed E-state index contributed by atoms with van der Waals surface area (Å²) in [5, 5.41) is 3.15. The Hall–Kier alpha value is -2.54. The Morgan fingerprint density at radius 3 is 2.48 bits per heavy atom. The van der Waals surface area contributed by atoms with Gasteiger partial charge in [0, 0.05) is 17.5 Å². The molecule has 0 fully saturated rings. The Bertz CT molecular complexity index is 1010. The average molecular weight is 417 g/mol. The lowest BCUT2D eigenvalue weighted by atomic mass is 9.83. The summed E-state index contributed by atoms with van der Waals surface area (Å²) in [6.07, 6.45) is 3.52. The van der Waals surface area contributed by atoms with Gasteiger partial charge in [-0.2, -0.15) is 0 Å². The standard InChI is InChI=1S/C22H28N2O4S/c1-5-22(6-2)14-19(17-9-7-8-10-20(17)28-22)23-21(25)16-11-12-18(15(3)13-16)24-29(4,26)27/h7-13,19,24H,5-6,14H2,1-4H3,(H,23,25)/t19-/m1/s1. The number of rotatable bonds is 6. The van der Waals surface area contributed by atoms with E-state index in [0.717, 1.165) is 30.4 Å². The van der Waals surface area contributed by atoms with E-state index in [4.69, 9.17) is 4.74 Å². The van der Waals surface area contributed by atoms with E-state index in [-0.39, 0.29) is 17.6 Å². The van der Waals surface area contributed by atoms with Crippen LogP contribution >= 0.6 is 0 Å². The minimum atomic E-state index is -3.37. The van der Waals surface area contributed by atoms with Crippen LogP contribution in [0.3, 0.4) is 0 Å². The summed E-state index contributed by atoms with van der Waals surface area (Å²) in [5.41, 5.74) is 2.32. The van der Waals surface area contributed by atoms with Gasteiger partial charge in [-0.3, -0.25) is 9.52 Å². The molecule has 0 saturated heterocycles. The van der Waals surface area contributed by atoms with E-state index >= 15 is 0 Å². The molecule has 3 rings (SSSR count). The number of hydrogen-bond donors (Lipinski definition) is 2. The molecule has 2 aromatic rings. The van der Waals surface area contributed by atoms with Gasteiger partial charge < -0.3 is 10.1 Å². The molecule has 1 aliphatic rings. The Balaban J connectivity index is 1.85. The van der Waals surface area contributed by atoms with Gasteiger partial charge in [-0.25, -0.2) is 8.42 Å². The van der Waals surface area contributed by atoms with E-state index in [1.165, 1.54) is 0 Å². The van der Waals surface area contributed by atoms with Crippen LogP contribution in [0.1, 0.15) is 60.6 Å². The lowest BCUT2D eigenvalue weighted by Gasteiger charge is -2.41. The van der Waals surface area contributed by atoms with Crippen LogP contribution in [-0.4, -0.2) is 26.2 Å². The van der Waals surface area contributed by atoms with Gasteiger partial charge in [0.15, 0.2) is 0 Å². The maximum atomic E-state index is 13.0. The van der Waals surface area contributed by atoms with Crippen molar-refractivity contribution in [2.24, 2.45) is 0 Å². The summed E-state index contributed by atoms with van der Waals surface area (Å²) in [6, 6.07) is 12.6. The minimum Gasteiger partial charge on any atom is -0.487 e. The molecule has 1 heterocycles. The lowest BCUT2D eigenvalue weighted by Crippen LogP contribution is -2.44. The number of amides is 1. The van der Waals surface area contributed by atoms with Crippen LogP contribution in [0.2, 0.25) is 0 Å². The molecular weight excluding hydrogens is 388 g/mol. The third-order valence-corrected chi connectivity index (χ3v) is 6.17. The molecule has 1 amide bonds. The van der Waals surface area contributed by atoms with Gasteiger partial charge in [-0.15, -0.1) is 0 Å². The van der Waals surface area contributed by atoms with Crippen molar-refractivity contribution in [2.45, 2.75) is 51.7 Å². The number of carbonyl (C=O) groups is 1. The molecular formula is C22H28N2O4S. The Morgan fingerprint density at radius 1 is 1.17 bits per heavy atom. The first-order chi connectivity index (χ1) is 13.7. The molecule has 0 aromatic heterocycles. The van der Waals surface area contributed by atoms with E-state index < -0.39 is 10.0 Å². The molecule has 1 aliphatic heterocycles. The van der Waals surface area contributed by atoms with E-state index in [1.807, 2.05) is 24.3 Å². The second kappa shape index (κ2) is 8.06. The highest BCUT2D eigenvalue weighted by Crippen LogP contribution is 2.42. The Kier molecular flexibility index (Phi) is 5.89. The molecule has 6 nitrogen and oxygen atoms in total. The SMILES string of the molecule is CCC1(CC)C[C@@H](NC(=O)c2ccc(NS(C)(=O)=O)c(C)c2)c2ccccc2O1. The first-order valence-corrected chi connectivity index (χ1v) is 11.7. The fourth-order valence-electron chi connectivity index (χ4n) is 3.79. The highest BCUT2D eigenvalue weighted by atomic mass is 32.2. The monoisotopic (exact) mass is 416 g/mol. The third-order valence-electron chi connectivity index (χ3n) is 5.57. The summed E-state index contributed by atoms with van der Waals surface area (Å²) in [4.78, 5) is 13.0. The van der Waals surface area contributed by atoms with E-state index in [9.17, 15) is 13.2 Å². The number of carbonyl (C=O) groups excluding carboxylic acids is 1. The van der Waals surface area contributed by atoms with E-state index in [0.29, 0.717) is 23.2 Å². The third kappa shape index (κ3) is 4.72. The molecule has 156 valence electrons. The molecule has 29 heavy (non-hydrogen) atoms. The highest BCUT2D eigenvalue weighted by molar-refractivity contribution is 7.92. The van der Waals surface area contributed by atoms with Crippen LogP contribution in [0.4, 0.5) is 5.69 Å². The first-order valence-electron chi connectivity index (χ1n) is 9.83. The van der Waals surface area contributed by atoms with Crippen LogP contribution in [0.25, 0.3) is 0 Å². The van der Waals surface area contributed by atoms with Crippen LogP contribution in [0, 0.1) is 6.92 Å². The molecule has 0 unspecified atom stereocenters. The second-order valence-electron chi connectivity index (χ2n) is 7.66. The molecule has 0 spiro atoms. The number of hydrogen-bond acceptors (Lipinski definition) is 4. The quantitative estimate of drug-likeness (QED) is 0.740. The number of aryl methyl sites for hydroxylation is 1. The zero-order valence-electron chi connectivity index (χ0n) is 17.3. The van der Waals surface area contributed by atoms with Crippen molar-refractivity contribution in [3.63, 3.8) is 0 Å². The van der Waals surface area contributed by atoms with Gasteiger partial charge >= 0.3 is 0 Å². The van der Waals surface area contributed by atoms with Gasteiger partial charge in [-0.05, 0) is 49.6 Å². The van der Waals surface area contributed by atoms with Crippen molar-refractivity contribution in [1.82, 2.24) is 5.32 Å². The van der Waals surface area contributed by atoms with Gasteiger partial charge in [0.25, 0.3) is 5.91 Å². The smallest absolute Gasteiger partial charge is 0.251 e. The Labute approximate surface area is 172 Å². The van der Waals surface area contributed by atoms with Crippen LogP contribution in [0.5, 0.6) is 5.75 Å². The summed E-state index contributed by atoms with van der Waals surface area (Å²) in [7, 11) is -3.37. The molecule has 1 atom stereocenters. The number of sulfonamides is 1. The summed E-state index contributed by atoms with van der Waals surface area (Å²) in [6.45, 7) is 5.98. The maximum Gasteiger partial charge on any atom is 0.251 e. The summed E-state index contributed by atoms with van der Waals surface area (Å²) in [5.74, 6) is 0.624. The number of fused-ring (bicyclic) bond motifs is 1. The van der Waals surface area contributed by atoms with Crippen molar-refractivity contribution in [3.05, 3.63) is 59.2 Å². The highest BCUT2D eigenvalue weighted by Gasteiger charge is 2.39. The summed E-state index contributed by atoms with van der Waals surface area (Å²) < 4.78 is 31.7. The summed E-state index contributed by atoms with van der Waals surface area (Å²) >= 11 is 0. The molecule has 0 radical (unpaired) electrons. The van der Waals surface area contributed by atoms with E-state index in [2.05, 4.69) is 23.9 Å². The number of benzene rings is 2. The van der Waals surface area contributed by atoms with Crippen molar-refractivity contribution < 1.29 is 17.9 Å². The number of para-hydroxylation sites is 1. The number of anilines is 1.